The minimum atomic E-state index is -0.829. The Balaban J connectivity index is 1.77. The maximum atomic E-state index is 10.4. The Kier molecular flexibility index (Phi) is 4.82. The van der Waals surface area contributed by atoms with Crippen molar-refractivity contribution in [2.75, 3.05) is 17.6 Å². The van der Waals surface area contributed by atoms with E-state index in [1.165, 1.54) is 42.4 Å². The number of anilines is 1. The average Bonchev–Trinajstić information content (AvgIpc) is 2.93. The van der Waals surface area contributed by atoms with Crippen LogP contribution in [0.4, 0.5) is 5.13 Å². The fourth-order valence-electron chi connectivity index (χ4n) is 2.21. The normalized spacial score (nSPS) is 23.2. The zero-order chi connectivity index (χ0) is 13.0. The Labute approximate surface area is 114 Å². The molecule has 0 radical (unpaired) electrons. The number of hydrogen-bond donors (Lipinski definition) is 2. The fraction of sp³-hybridized carbons (Fsp3) is 0.727. The SMILES string of the molecule is CC1CCCC1CNc1nnc(SCC(=O)O)s1. The molecule has 2 atom stereocenters. The van der Waals surface area contributed by atoms with Gasteiger partial charge in [0, 0.05) is 6.54 Å². The summed E-state index contributed by atoms with van der Waals surface area (Å²) in [6.07, 6.45) is 3.93. The number of nitrogens with one attached hydrogen (secondary N) is 1. The van der Waals surface area contributed by atoms with Gasteiger partial charge in [-0.3, -0.25) is 4.79 Å². The monoisotopic (exact) mass is 287 g/mol. The van der Waals surface area contributed by atoms with Gasteiger partial charge in [-0.2, -0.15) is 0 Å². The molecule has 18 heavy (non-hydrogen) atoms. The van der Waals surface area contributed by atoms with E-state index < -0.39 is 5.97 Å². The molecule has 0 aliphatic heterocycles. The maximum Gasteiger partial charge on any atom is 0.313 e. The highest BCUT2D eigenvalue weighted by Crippen LogP contribution is 2.32. The molecule has 0 bridgehead atoms. The van der Waals surface area contributed by atoms with Crippen LogP contribution >= 0.6 is 23.1 Å². The van der Waals surface area contributed by atoms with Gasteiger partial charge < -0.3 is 10.4 Å². The molecule has 0 spiro atoms. The number of aromatic nitrogens is 2. The highest BCUT2D eigenvalue weighted by atomic mass is 32.2. The second kappa shape index (κ2) is 6.38. The first-order valence-electron chi connectivity index (χ1n) is 6.07. The molecule has 2 rings (SSSR count). The molecule has 1 aliphatic carbocycles. The van der Waals surface area contributed by atoms with Gasteiger partial charge in [-0.25, -0.2) is 0 Å². The van der Waals surface area contributed by atoms with Crippen LogP contribution in [-0.4, -0.2) is 33.6 Å². The van der Waals surface area contributed by atoms with E-state index in [2.05, 4.69) is 22.4 Å². The third-order valence-corrected chi connectivity index (χ3v) is 5.28. The zero-order valence-corrected chi connectivity index (χ0v) is 11.9. The number of thioether (sulfide) groups is 1. The van der Waals surface area contributed by atoms with Gasteiger partial charge in [-0.15, -0.1) is 10.2 Å². The van der Waals surface area contributed by atoms with Crippen molar-refractivity contribution in [2.24, 2.45) is 11.8 Å². The number of carboxylic acids is 1. The van der Waals surface area contributed by atoms with Gasteiger partial charge in [0.1, 0.15) is 0 Å². The van der Waals surface area contributed by atoms with E-state index in [0.717, 1.165) is 23.5 Å². The van der Waals surface area contributed by atoms with Crippen LogP contribution in [0.3, 0.4) is 0 Å². The molecule has 1 aromatic rings. The van der Waals surface area contributed by atoms with Crippen molar-refractivity contribution in [3.63, 3.8) is 0 Å². The molecule has 1 saturated carbocycles. The lowest BCUT2D eigenvalue weighted by Crippen LogP contribution is -2.16. The van der Waals surface area contributed by atoms with E-state index in [4.69, 9.17) is 5.11 Å². The van der Waals surface area contributed by atoms with Crippen LogP contribution in [0.2, 0.25) is 0 Å². The summed E-state index contributed by atoms with van der Waals surface area (Å²) in [7, 11) is 0. The van der Waals surface area contributed by atoms with E-state index in [1.54, 1.807) is 0 Å². The second-order valence-corrected chi connectivity index (χ2v) is 6.80. The highest BCUT2D eigenvalue weighted by molar-refractivity contribution is 8.01. The molecule has 2 N–H and O–H groups in total. The molecule has 1 heterocycles. The lowest BCUT2D eigenvalue weighted by atomic mass is 9.98. The van der Waals surface area contributed by atoms with Crippen LogP contribution in [0.5, 0.6) is 0 Å². The van der Waals surface area contributed by atoms with Gasteiger partial charge in [-0.1, -0.05) is 42.9 Å². The quantitative estimate of drug-likeness (QED) is 0.783. The molecule has 0 saturated heterocycles. The van der Waals surface area contributed by atoms with Gasteiger partial charge in [0.15, 0.2) is 4.34 Å². The minimum Gasteiger partial charge on any atom is -0.481 e. The van der Waals surface area contributed by atoms with E-state index in [1.807, 2.05) is 0 Å². The first-order valence-corrected chi connectivity index (χ1v) is 7.87. The Morgan fingerprint density at radius 1 is 1.56 bits per heavy atom. The average molecular weight is 287 g/mol. The first-order chi connectivity index (χ1) is 8.65. The fourth-order valence-corrected chi connectivity index (χ4v) is 3.69. The summed E-state index contributed by atoms with van der Waals surface area (Å²) in [5.74, 6) is 0.716. The summed E-state index contributed by atoms with van der Waals surface area (Å²) in [6.45, 7) is 3.24. The van der Waals surface area contributed by atoms with Crippen LogP contribution in [0.1, 0.15) is 26.2 Å². The van der Waals surface area contributed by atoms with Crippen LogP contribution in [0.15, 0.2) is 4.34 Å². The van der Waals surface area contributed by atoms with E-state index >= 15 is 0 Å². The maximum absolute atomic E-state index is 10.4. The molecule has 1 aliphatic rings. The predicted molar refractivity (Wildman–Crippen MR) is 73.3 cm³/mol. The van der Waals surface area contributed by atoms with Crippen LogP contribution < -0.4 is 5.32 Å². The lowest BCUT2D eigenvalue weighted by molar-refractivity contribution is -0.133. The van der Waals surface area contributed by atoms with E-state index in [-0.39, 0.29) is 5.75 Å². The molecular formula is C11H17N3O2S2. The number of rotatable bonds is 6. The summed E-state index contributed by atoms with van der Waals surface area (Å²) < 4.78 is 0.708. The van der Waals surface area contributed by atoms with Crippen molar-refractivity contribution in [1.29, 1.82) is 0 Å². The molecule has 1 fully saturated rings. The third-order valence-electron chi connectivity index (χ3n) is 3.28. The van der Waals surface area contributed by atoms with Gasteiger partial charge in [0.05, 0.1) is 5.75 Å². The topological polar surface area (TPSA) is 75.1 Å². The Bertz CT molecular complexity index is 411. The third kappa shape index (κ3) is 3.84. The summed E-state index contributed by atoms with van der Waals surface area (Å²) in [4.78, 5) is 10.4. The van der Waals surface area contributed by atoms with Crippen molar-refractivity contribution in [2.45, 2.75) is 30.5 Å². The summed E-state index contributed by atoms with van der Waals surface area (Å²) >= 11 is 2.64. The van der Waals surface area contributed by atoms with Crippen molar-refractivity contribution < 1.29 is 9.90 Å². The van der Waals surface area contributed by atoms with Gasteiger partial charge >= 0.3 is 5.97 Å². The van der Waals surface area contributed by atoms with Gasteiger partial charge in [0.2, 0.25) is 5.13 Å². The number of carbonyl (C=O) groups is 1. The standard InChI is InChI=1S/C11H17N3O2S2/c1-7-3-2-4-8(7)5-12-10-13-14-11(18-10)17-6-9(15)16/h7-8H,2-6H2,1H3,(H,12,13)(H,15,16). The van der Waals surface area contributed by atoms with Crippen LogP contribution in [0.25, 0.3) is 0 Å². The molecule has 7 heteroatoms. The summed E-state index contributed by atoms with van der Waals surface area (Å²) in [6, 6.07) is 0. The van der Waals surface area contributed by atoms with Crippen molar-refractivity contribution >= 4 is 34.2 Å². The largest absolute Gasteiger partial charge is 0.481 e. The van der Waals surface area contributed by atoms with Crippen molar-refractivity contribution in [3.05, 3.63) is 0 Å². The highest BCUT2D eigenvalue weighted by Gasteiger charge is 2.23. The van der Waals surface area contributed by atoms with Crippen molar-refractivity contribution in [3.8, 4) is 0 Å². The van der Waals surface area contributed by atoms with Gasteiger partial charge in [0.25, 0.3) is 0 Å². The number of aliphatic carboxylic acids is 1. The summed E-state index contributed by atoms with van der Waals surface area (Å²) in [5, 5.41) is 20.7. The Hall–Kier alpha value is -0.820. The smallest absolute Gasteiger partial charge is 0.313 e. The minimum absolute atomic E-state index is 0.0360. The van der Waals surface area contributed by atoms with Crippen LogP contribution in [-0.2, 0) is 4.79 Å². The zero-order valence-electron chi connectivity index (χ0n) is 10.3. The Morgan fingerprint density at radius 3 is 3.06 bits per heavy atom. The Morgan fingerprint density at radius 2 is 2.39 bits per heavy atom. The molecule has 1 aromatic heterocycles. The van der Waals surface area contributed by atoms with Gasteiger partial charge in [-0.05, 0) is 18.3 Å². The van der Waals surface area contributed by atoms with E-state index in [9.17, 15) is 4.79 Å². The number of hydrogen-bond acceptors (Lipinski definition) is 6. The first kappa shape index (κ1) is 13.6. The summed E-state index contributed by atoms with van der Waals surface area (Å²) in [5.41, 5.74) is 0. The molecule has 5 nitrogen and oxygen atoms in total. The van der Waals surface area contributed by atoms with Crippen molar-refractivity contribution in [1.82, 2.24) is 10.2 Å². The molecule has 0 aromatic carbocycles. The molecule has 0 amide bonds. The van der Waals surface area contributed by atoms with E-state index in [0.29, 0.717) is 4.34 Å². The molecular weight excluding hydrogens is 270 g/mol. The van der Waals surface area contributed by atoms with Crippen LogP contribution in [0, 0.1) is 11.8 Å². The second-order valence-electron chi connectivity index (χ2n) is 4.60. The lowest BCUT2D eigenvalue weighted by Gasteiger charge is -2.14. The predicted octanol–water partition coefficient (Wildman–Crippen LogP) is 2.56. The number of nitrogens with zero attached hydrogens (tertiary/aromatic N) is 2. The number of carboxylic acid groups (broad SMARTS) is 1. The molecule has 100 valence electrons. The molecule has 2 unspecified atom stereocenters.